The minimum Gasteiger partial charge on any atom is -0.497 e. The molecule has 0 aliphatic carbocycles. The predicted molar refractivity (Wildman–Crippen MR) is 129 cm³/mol. The summed E-state index contributed by atoms with van der Waals surface area (Å²) in [5, 5.41) is 7.12. The molecule has 0 aliphatic rings. The topological polar surface area (TPSA) is 104 Å². The molecule has 0 bridgehead atoms. The number of halogens is 1. The molecule has 1 atom stereocenters. The van der Waals surface area contributed by atoms with Crippen LogP contribution in [-0.4, -0.2) is 29.1 Å². The highest BCUT2D eigenvalue weighted by Gasteiger charge is 2.22. The number of benzene rings is 3. The highest BCUT2D eigenvalue weighted by Crippen LogP contribution is 2.23. The summed E-state index contributed by atoms with van der Waals surface area (Å²) in [4.78, 5) is 29.7. The van der Waals surface area contributed by atoms with Crippen LogP contribution in [0.5, 0.6) is 5.75 Å². The largest absolute Gasteiger partial charge is 0.497 e. The first-order chi connectivity index (χ1) is 17.0. The standard InChI is InChI=1S/C26H22ClN3O5/c1-33-19-11-7-10-18(14-19)25-29-23(35-30-25)16-34-24(31)15-22(17-8-3-2-4-9-17)28-26(32)20-12-5-6-13-21(20)27/h2-14,22H,15-16H2,1H3,(H,28,32). The zero-order valence-corrected chi connectivity index (χ0v) is 19.6. The number of carbonyl (C=O) groups excluding carboxylic acids is 2. The van der Waals surface area contributed by atoms with Crippen molar-refractivity contribution in [3.8, 4) is 17.1 Å². The summed E-state index contributed by atoms with van der Waals surface area (Å²) in [6, 6.07) is 22.4. The maximum absolute atomic E-state index is 12.8. The van der Waals surface area contributed by atoms with Crippen molar-refractivity contribution in [1.29, 1.82) is 0 Å². The van der Waals surface area contributed by atoms with Gasteiger partial charge >= 0.3 is 5.97 Å². The van der Waals surface area contributed by atoms with Crippen molar-refractivity contribution in [2.75, 3.05) is 7.11 Å². The van der Waals surface area contributed by atoms with Crippen LogP contribution in [0.25, 0.3) is 11.4 Å². The Morgan fingerprint density at radius 1 is 1.03 bits per heavy atom. The molecule has 178 valence electrons. The second-order valence-corrected chi connectivity index (χ2v) is 7.93. The summed E-state index contributed by atoms with van der Waals surface area (Å²) < 4.78 is 15.8. The van der Waals surface area contributed by atoms with Crippen molar-refractivity contribution in [2.45, 2.75) is 19.1 Å². The maximum atomic E-state index is 12.8. The molecule has 4 aromatic rings. The maximum Gasteiger partial charge on any atom is 0.308 e. The molecule has 3 aromatic carbocycles. The Kier molecular flexibility index (Phi) is 7.74. The lowest BCUT2D eigenvalue weighted by molar-refractivity contribution is -0.146. The monoisotopic (exact) mass is 491 g/mol. The van der Waals surface area contributed by atoms with Crippen molar-refractivity contribution < 1.29 is 23.6 Å². The van der Waals surface area contributed by atoms with Gasteiger partial charge < -0.3 is 19.3 Å². The lowest BCUT2D eigenvalue weighted by Crippen LogP contribution is -2.30. The molecule has 0 spiro atoms. The molecule has 1 amide bonds. The molecular formula is C26H22ClN3O5. The van der Waals surface area contributed by atoms with Crippen LogP contribution in [0.2, 0.25) is 5.02 Å². The minimum atomic E-state index is -0.623. The molecule has 8 nitrogen and oxygen atoms in total. The summed E-state index contributed by atoms with van der Waals surface area (Å²) in [7, 11) is 1.57. The highest BCUT2D eigenvalue weighted by atomic mass is 35.5. The number of rotatable bonds is 9. The SMILES string of the molecule is COc1cccc(-c2noc(COC(=O)CC(NC(=O)c3ccccc3Cl)c3ccccc3)n2)c1. The fourth-order valence-electron chi connectivity index (χ4n) is 3.38. The number of nitrogens with zero attached hydrogens (tertiary/aromatic N) is 2. The average Bonchev–Trinajstić information content (AvgIpc) is 3.37. The zero-order chi connectivity index (χ0) is 24.6. The van der Waals surface area contributed by atoms with E-state index in [1.165, 1.54) is 0 Å². The molecule has 1 heterocycles. The Balaban J connectivity index is 1.41. The fraction of sp³-hybridized carbons (Fsp3) is 0.154. The van der Waals surface area contributed by atoms with Crippen LogP contribution in [0.3, 0.4) is 0 Å². The van der Waals surface area contributed by atoms with Gasteiger partial charge in [-0.2, -0.15) is 4.98 Å². The molecular weight excluding hydrogens is 470 g/mol. The Bertz CT molecular complexity index is 1310. The molecule has 9 heteroatoms. The lowest BCUT2D eigenvalue weighted by Gasteiger charge is -2.19. The third kappa shape index (κ3) is 6.24. The quantitative estimate of drug-likeness (QED) is 0.328. The number of hydrogen-bond donors (Lipinski definition) is 1. The first kappa shape index (κ1) is 24.0. The smallest absolute Gasteiger partial charge is 0.308 e. The molecule has 0 saturated carbocycles. The van der Waals surface area contributed by atoms with Gasteiger partial charge in [0, 0.05) is 5.56 Å². The number of methoxy groups -OCH3 is 1. The molecule has 0 aliphatic heterocycles. The Morgan fingerprint density at radius 2 is 1.80 bits per heavy atom. The van der Waals surface area contributed by atoms with E-state index in [4.69, 9.17) is 25.6 Å². The van der Waals surface area contributed by atoms with E-state index in [0.29, 0.717) is 27.7 Å². The van der Waals surface area contributed by atoms with Gasteiger partial charge in [-0.25, -0.2) is 0 Å². The van der Waals surface area contributed by atoms with Crippen LogP contribution < -0.4 is 10.1 Å². The van der Waals surface area contributed by atoms with Gasteiger partial charge in [-0.3, -0.25) is 9.59 Å². The Hall–Kier alpha value is -4.17. The summed E-state index contributed by atoms with van der Waals surface area (Å²) in [6.45, 7) is -0.199. The molecule has 1 N–H and O–H groups in total. The van der Waals surface area contributed by atoms with E-state index in [0.717, 1.165) is 5.56 Å². The van der Waals surface area contributed by atoms with E-state index in [1.54, 1.807) is 43.5 Å². The molecule has 35 heavy (non-hydrogen) atoms. The zero-order valence-electron chi connectivity index (χ0n) is 18.8. The van der Waals surface area contributed by atoms with Gasteiger partial charge in [0.25, 0.3) is 11.8 Å². The van der Waals surface area contributed by atoms with Gasteiger partial charge in [-0.1, -0.05) is 71.4 Å². The highest BCUT2D eigenvalue weighted by molar-refractivity contribution is 6.33. The van der Waals surface area contributed by atoms with Gasteiger partial charge in [0.1, 0.15) is 5.75 Å². The number of ether oxygens (including phenoxy) is 2. The summed E-state index contributed by atoms with van der Waals surface area (Å²) >= 11 is 6.15. The van der Waals surface area contributed by atoms with Crippen molar-refractivity contribution in [1.82, 2.24) is 15.5 Å². The van der Waals surface area contributed by atoms with Gasteiger partial charge in [0.15, 0.2) is 6.61 Å². The molecule has 4 rings (SSSR count). The minimum absolute atomic E-state index is 0.100. The van der Waals surface area contributed by atoms with Crippen molar-refractivity contribution >= 4 is 23.5 Å². The Morgan fingerprint density at radius 3 is 2.57 bits per heavy atom. The van der Waals surface area contributed by atoms with Crippen LogP contribution in [0.1, 0.15) is 34.3 Å². The van der Waals surface area contributed by atoms with Crippen LogP contribution in [0, 0.1) is 0 Å². The van der Waals surface area contributed by atoms with E-state index in [2.05, 4.69) is 15.5 Å². The van der Waals surface area contributed by atoms with E-state index in [-0.39, 0.29) is 18.9 Å². The van der Waals surface area contributed by atoms with E-state index in [9.17, 15) is 9.59 Å². The third-order valence-corrected chi connectivity index (χ3v) is 5.48. The van der Waals surface area contributed by atoms with Crippen molar-refractivity contribution in [3.63, 3.8) is 0 Å². The Labute approximate surface area is 206 Å². The van der Waals surface area contributed by atoms with Crippen molar-refractivity contribution in [3.05, 3.63) is 101 Å². The van der Waals surface area contributed by atoms with E-state index < -0.39 is 17.9 Å². The first-order valence-electron chi connectivity index (χ1n) is 10.8. The number of carbonyl (C=O) groups is 2. The third-order valence-electron chi connectivity index (χ3n) is 5.15. The molecule has 0 radical (unpaired) electrons. The van der Waals surface area contributed by atoms with E-state index in [1.807, 2.05) is 42.5 Å². The van der Waals surface area contributed by atoms with Crippen LogP contribution in [0.4, 0.5) is 0 Å². The van der Waals surface area contributed by atoms with Gasteiger partial charge in [0.05, 0.1) is 30.2 Å². The second-order valence-electron chi connectivity index (χ2n) is 7.53. The van der Waals surface area contributed by atoms with Crippen LogP contribution in [0.15, 0.2) is 83.4 Å². The second kappa shape index (κ2) is 11.3. The summed E-state index contributed by atoms with van der Waals surface area (Å²) in [6.07, 6.45) is -0.100. The molecule has 1 aromatic heterocycles. The normalized spacial score (nSPS) is 11.5. The van der Waals surface area contributed by atoms with Crippen LogP contribution >= 0.6 is 11.6 Å². The van der Waals surface area contributed by atoms with Crippen molar-refractivity contribution in [2.24, 2.45) is 0 Å². The number of aromatic nitrogens is 2. The van der Waals surface area contributed by atoms with Crippen LogP contribution in [-0.2, 0) is 16.1 Å². The number of esters is 1. The number of nitrogens with one attached hydrogen (secondary N) is 1. The van der Waals surface area contributed by atoms with E-state index >= 15 is 0 Å². The molecule has 0 saturated heterocycles. The van der Waals surface area contributed by atoms with Gasteiger partial charge in [-0.05, 0) is 29.8 Å². The summed E-state index contributed by atoms with van der Waals surface area (Å²) in [5.41, 5.74) is 1.78. The first-order valence-corrected chi connectivity index (χ1v) is 11.1. The van der Waals surface area contributed by atoms with Gasteiger partial charge in [0.2, 0.25) is 5.82 Å². The fourth-order valence-corrected chi connectivity index (χ4v) is 3.60. The molecule has 0 fully saturated rings. The lowest BCUT2D eigenvalue weighted by atomic mass is 10.0. The summed E-state index contributed by atoms with van der Waals surface area (Å²) in [5.74, 6) is 0.222. The average molecular weight is 492 g/mol. The number of amides is 1. The van der Waals surface area contributed by atoms with Gasteiger partial charge in [-0.15, -0.1) is 0 Å². The molecule has 1 unspecified atom stereocenters. The predicted octanol–water partition coefficient (Wildman–Crippen LogP) is 5.00. The number of hydrogen-bond acceptors (Lipinski definition) is 7.